The molecule has 0 aliphatic heterocycles. The van der Waals surface area contributed by atoms with Gasteiger partial charge in [-0.05, 0) is 30.4 Å². The van der Waals surface area contributed by atoms with Crippen LogP contribution in [0, 0.1) is 0 Å². The van der Waals surface area contributed by atoms with Crippen LogP contribution in [-0.4, -0.2) is 17.7 Å². The first-order valence-electron chi connectivity index (χ1n) is 5.68. The molecule has 0 aromatic heterocycles. The van der Waals surface area contributed by atoms with Crippen LogP contribution in [0.1, 0.15) is 36.5 Å². The molecule has 0 saturated heterocycles. The van der Waals surface area contributed by atoms with E-state index in [1.807, 2.05) is 12.1 Å². The molecule has 0 saturated carbocycles. The summed E-state index contributed by atoms with van der Waals surface area (Å²) in [6.07, 6.45) is 3.04. The Hall–Kier alpha value is -1.35. The largest absolute Gasteiger partial charge is 0.481 e. The monoisotopic (exact) mass is 220 g/mol. The van der Waals surface area contributed by atoms with Crippen LogP contribution >= 0.6 is 0 Å². The number of carboxylic acids is 1. The number of rotatable bonds is 5. The highest BCUT2D eigenvalue weighted by molar-refractivity contribution is 5.66. The normalized spacial score (nSPS) is 18.4. The van der Waals surface area contributed by atoms with Gasteiger partial charge in [0.1, 0.15) is 0 Å². The number of hydrogen-bond donors (Lipinski definition) is 1. The van der Waals surface area contributed by atoms with E-state index in [2.05, 4.69) is 12.1 Å². The lowest BCUT2D eigenvalue weighted by atomic mass is 10.1. The fraction of sp³-hybridized carbons (Fsp3) is 0.462. The molecule has 3 heteroatoms. The number of hydrogen-bond acceptors (Lipinski definition) is 2. The number of benzene rings is 1. The summed E-state index contributed by atoms with van der Waals surface area (Å²) in [4.78, 5) is 10.3. The van der Waals surface area contributed by atoms with Crippen LogP contribution in [0.3, 0.4) is 0 Å². The highest BCUT2D eigenvalue weighted by atomic mass is 16.5. The van der Waals surface area contributed by atoms with Crippen LogP contribution in [0.25, 0.3) is 0 Å². The molecule has 2 rings (SSSR count). The molecule has 1 aliphatic rings. The van der Waals surface area contributed by atoms with Gasteiger partial charge in [0.15, 0.2) is 0 Å². The fourth-order valence-electron chi connectivity index (χ4n) is 2.14. The maximum Gasteiger partial charge on any atom is 0.303 e. The summed E-state index contributed by atoms with van der Waals surface area (Å²) in [6, 6.07) is 8.31. The molecule has 0 spiro atoms. The van der Waals surface area contributed by atoms with Crippen LogP contribution < -0.4 is 0 Å². The van der Waals surface area contributed by atoms with Gasteiger partial charge in [-0.2, -0.15) is 0 Å². The van der Waals surface area contributed by atoms with Crippen molar-refractivity contribution in [2.45, 2.75) is 31.8 Å². The number of carboxylic acid groups (broad SMARTS) is 1. The molecule has 0 amide bonds. The van der Waals surface area contributed by atoms with E-state index in [-0.39, 0.29) is 12.5 Å². The summed E-state index contributed by atoms with van der Waals surface area (Å²) < 4.78 is 5.72. The number of ether oxygens (including phenoxy) is 1. The van der Waals surface area contributed by atoms with Crippen molar-refractivity contribution in [3.63, 3.8) is 0 Å². The summed E-state index contributed by atoms with van der Waals surface area (Å²) in [5, 5.41) is 8.51. The highest BCUT2D eigenvalue weighted by Gasteiger charge is 2.21. The van der Waals surface area contributed by atoms with E-state index in [1.165, 1.54) is 11.1 Å². The van der Waals surface area contributed by atoms with Crippen LogP contribution in [-0.2, 0) is 16.0 Å². The number of fused-ring (bicyclic) bond motifs is 1. The summed E-state index contributed by atoms with van der Waals surface area (Å²) in [5.74, 6) is -0.754. The van der Waals surface area contributed by atoms with Crippen molar-refractivity contribution in [3.05, 3.63) is 35.4 Å². The molecule has 0 radical (unpaired) electrons. The Balaban J connectivity index is 1.82. The quantitative estimate of drug-likeness (QED) is 0.776. The first kappa shape index (κ1) is 11.1. The zero-order valence-corrected chi connectivity index (χ0v) is 9.19. The van der Waals surface area contributed by atoms with Crippen LogP contribution in [0.15, 0.2) is 24.3 Å². The minimum atomic E-state index is -0.754. The van der Waals surface area contributed by atoms with E-state index in [1.54, 1.807) is 0 Å². The van der Waals surface area contributed by atoms with Crippen LogP contribution in [0.2, 0.25) is 0 Å². The van der Waals surface area contributed by atoms with Gasteiger partial charge in [0, 0.05) is 13.0 Å². The van der Waals surface area contributed by atoms with Crippen molar-refractivity contribution in [2.75, 3.05) is 6.61 Å². The molecule has 86 valence electrons. The van der Waals surface area contributed by atoms with E-state index >= 15 is 0 Å². The lowest BCUT2D eigenvalue weighted by Crippen LogP contribution is -2.04. The van der Waals surface area contributed by atoms with Gasteiger partial charge in [0.05, 0.1) is 6.10 Å². The second-order valence-corrected chi connectivity index (χ2v) is 4.09. The Morgan fingerprint density at radius 3 is 3.06 bits per heavy atom. The van der Waals surface area contributed by atoms with Crippen molar-refractivity contribution < 1.29 is 14.6 Å². The zero-order chi connectivity index (χ0) is 11.4. The molecule has 1 aliphatic carbocycles. The van der Waals surface area contributed by atoms with Crippen molar-refractivity contribution in [1.82, 2.24) is 0 Å². The fourth-order valence-corrected chi connectivity index (χ4v) is 2.14. The van der Waals surface area contributed by atoms with Crippen LogP contribution in [0.4, 0.5) is 0 Å². The third-order valence-corrected chi connectivity index (χ3v) is 2.93. The second kappa shape index (κ2) is 5.12. The van der Waals surface area contributed by atoms with Gasteiger partial charge in [0.2, 0.25) is 0 Å². The molecule has 0 heterocycles. The molecule has 16 heavy (non-hydrogen) atoms. The summed E-state index contributed by atoms with van der Waals surface area (Å²) >= 11 is 0. The summed E-state index contributed by atoms with van der Waals surface area (Å²) in [5.41, 5.74) is 2.64. The predicted molar refractivity (Wildman–Crippen MR) is 60.3 cm³/mol. The van der Waals surface area contributed by atoms with Gasteiger partial charge >= 0.3 is 5.97 Å². The molecule has 1 aromatic carbocycles. The molecule has 3 nitrogen and oxygen atoms in total. The van der Waals surface area contributed by atoms with Gasteiger partial charge < -0.3 is 9.84 Å². The first-order valence-corrected chi connectivity index (χ1v) is 5.68. The molecular formula is C13H16O3. The average Bonchev–Trinajstić information content (AvgIpc) is 2.68. The number of carbonyl (C=O) groups is 1. The molecule has 1 aromatic rings. The van der Waals surface area contributed by atoms with Gasteiger partial charge in [-0.1, -0.05) is 24.3 Å². The minimum Gasteiger partial charge on any atom is -0.481 e. The molecule has 0 bridgehead atoms. The Morgan fingerprint density at radius 1 is 1.44 bits per heavy atom. The van der Waals surface area contributed by atoms with E-state index in [9.17, 15) is 4.79 Å². The summed E-state index contributed by atoms with van der Waals surface area (Å²) in [6.45, 7) is 0.533. The maximum atomic E-state index is 10.3. The zero-order valence-electron chi connectivity index (χ0n) is 9.19. The lowest BCUT2D eigenvalue weighted by molar-refractivity contribution is -0.137. The third-order valence-electron chi connectivity index (χ3n) is 2.93. The SMILES string of the molecule is O=C(O)CCCOC1CCc2ccccc21. The Bertz CT molecular complexity index is 373. The van der Waals surface area contributed by atoms with E-state index in [0.29, 0.717) is 13.0 Å². The highest BCUT2D eigenvalue weighted by Crippen LogP contribution is 2.33. The molecular weight excluding hydrogens is 204 g/mol. The maximum absolute atomic E-state index is 10.3. The Morgan fingerprint density at radius 2 is 2.25 bits per heavy atom. The Labute approximate surface area is 95.0 Å². The van der Waals surface area contributed by atoms with E-state index < -0.39 is 5.97 Å². The first-order chi connectivity index (χ1) is 7.77. The van der Waals surface area contributed by atoms with Crippen LogP contribution in [0.5, 0.6) is 0 Å². The number of aliphatic carboxylic acids is 1. The van der Waals surface area contributed by atoms with Gasteiger partial charge in [-0.25, -0.2) is 0 Å². The number of aryl methyl sites for hydroxylation is 1. The van der Waals surface area contributed by atoms with Crippen molar-refractivity contribution in [3.8, 4) is 0 Å². The summed E-state index contributed by atoms with van der Waals surface area (Å²) in [7, 11) is 0. The van der Waals surface area contributed by atoms with Gasteiger partial charge in [0.25, 0.3) is 0 Å². The third kappa shape index (κ3) is 2.61. The topological polar surface area (TPSA) is 46.5 Å². The molecule has 0 fully saturated rings. The van der Waals surface area contributed by atoms with E-state index in [4.69, 9.17) is 9.84 Å². The smallest absolute Gasteiger partial charge is 0.303 e. The average molecular weight is 220 g/mol. The Kier molecular flexibility index (Phi) is 3.57. The van der Waals surface area contributed by atoms with Crippen molar-refractivity contribution >= 4 is 5.97 Å². The molecule has 1 N–H and O–H groups in total. The lowest BCUT2D eigenvalue weighted by Gasteiger charge is -2.12. The van der Waals surface area contributed by atoms with Crippen molar-refractivity contribution in [2.24, 2.45) is 0 Å². The van der Waals surface area contributed by atoms with E-state index in [0.717, 1.165) is 12.8 Å². The molecule has 1 atom stereocenters. The van der Waals surface area contributed by atoms with Gasteiger partial charge in [-0.15, -0.1) is 0 Å². The van der Waals surface area contributed by atoms with Crippen molar-refractivity contribution in [1.29, 1.82) is 0 Å². The molecule has 1 unspecified atom stereocenters. The predicted octanol–water partition coefficient (Wildman–Crippen LogP) is 2.56. The minimum absolute atomic E-state index is 0.171. The second-order valence-electron chi connectivity index (χ2n) is 4.09. The standard InChI is InChI=1S/C13H16O3/c14-13(15)6-3-9-16-12-8-7-10-4-1-2-5-11(10)12/h1-2,4-5,12H,3,6-9H2,(H,14,15). The van der Waals surface area contributed by atoms with Gasteiger partial charge in [-0.3, -0.25) is 4.79 Å².